The highest BCUT2D eigenvalue weighted by atomic mass is 79.9. The second kappa shape index (κ2) is 4.26. The van der Waals surface area contributed by atoms with Gasteiger partial charge in [0.25, 0.3) is 0 Å². The van der Waals surface area contributed by atoms with Crippen molar-refractivity contribution < 1.29 is 5.11 Å². The number of fused-ring (bicyclic) bond motifs is 1. The second-order valence-corrected chi connectivity index (χ2v) is 5.41. The molecule has 0 bridgehead atoms. The largest absolute Gasteiger partial charge is 0.393 e. The molecule has 0 saturated carbocycles. The fourth-order valence-electron chi connectivity index (χ4n) is 2.09. The molecule has 0 aliphatic carbocycles. The van der Waals surface area contributed by atoms with E-state index in [1.807, 2.05) is 0 Å². The molecule has 4 heteroatoms. The summed E-state index contributed by atoms with van der Waals surface area (Å²) in [6.45, 7) is 5.30. The Labute approximate surface area is 98.6 Å². The van der Waals surface area contributed by atoms with Crippen LogP contribution in [0, 0.1) is 5.92 Å². The topological polar surface area (TPSA) is 38.0 Å². The van der Waals surface area contributed by atoms with Crippen molar-refractivity contribution in [1.82, 2.24) is 9.55 Å². The lowest BCUT2D eigenvalue weighted by Crippen LogP contribution is -2.24. The van der Waals surface area contributed by atoms with E-state index in [0.29, 0.717) is 5.92 Å². The van der Waals surface area contributed by atoms with Crippen LogP contribution in [0.4, 0.5) is 0 Å². The van der Waals surface area contributed by atoms with E-state index in [9.17, 15) is 5.11 Å². The summed E-state index contributed by atoms with van der Waals surface area (Å²) in [5.74, 6) is 1.77. The second-order valence-electron chi connectivity index (χ2n) is 4.66. The Morgan fingerprint density at radius 1 is 1.60 bits per heavy atom. The number of hydrogen-bond donors (Lipinski definition) is 1. The van der Waals surface area contributed by atoms with Gasteiger partial charge in [-0.3, -0.25) is 0 Å². The van der Waals surface area contributed by atoms with Gasteiger partial charge in [0.15, 0.2) is 0 Å². The summed E-state index contributed by atoms with van der Waals surface area (Å²) >= 11 is 3.48. The zero-order chi connectivity index (χ0) is 11.0. The number of aliphatic hydroxyl groups excluding tert-OH is 1. The predicted molar refractivity (Wildman–Crippen MR) is 62.8 cm³/mol. The van der Waals surface area contributed by atoms with E-state index in [1.54, 1.807) is 0 Å². The molecule has 2 heterocycles. The van der Waals surface area contributed by atoms with E-state index in [0.717, 1.165) is 41.9 Å². The van der Waals surface area contributed by atoms with E-state index in [4.69, 9.17) is 0 Å². The Balaban J connectivity index is 2.31. The third-order valence-corrected chi connectivity index (χ3v) is 3.44. The Kier molecular flexibility index (Phi) is 3.16. The van der Waals surface area contributed by atoms with Crippen LogP contribution in [-0.4, -0.2) is 20.8 Å². The summed E-state index contributed by atoms with van der Waals surface area (Å²) in [4.78, 5) is 4.54. The Morgan fingerprint density at radius 2 is 2.33 bits per heavy atom. The van der Waals surface area contributed by atoms with Gasteiger partial charge < -0.3 is 9.67 Å². The lowest BCUT2D eigenvalue weighted by molar-refractivity contribution is 0.142. The van der Waals surface area contributed by atoms with Crippen LogP contribution in [0.15, 0.2) is 4.60 Å². The molecule has 3 nitrogen and oxygen atoms in total. The SMILES string of the molecule is CC(C)Cc1nc(Br)c2n1CCC(O)C2. The minimum atomic E-state index is -0.197. The zero-order valence-electron chi connectivity index (χ0n) is 9.20. The quantitative estimate of drug-likeness (QED) is 0.896. The Bertz CT molecular complexity index is 360. The van der Waals surface area contributed by atoms with Crippen molar-refractivity contribution in [2.24, 2.45) is 5.92 Å². The van der Waals surface area contributed by atoms with Gasteiger partial charge in [-0.05, 0) is 28.3 Å². The number of hydrogen-bond acceptors (Lipinski definition) is 2. The number of halogens is 1. The van der Waals surface area contributed by atoms with Crippen LogP contribution in [0.1, 0.15) is 31.8 Å². The van der Waals surface area contributed by atoms with Crippen molar-refractivity contribution in [3.63, 3.8) is 0 Å². The number of aromatic nitrogens is 2. The molecule has 1 aromatic heterocycles. The molecule has 1 atom stereocenters. The first-order chi connectivity index (χ1) is 7.08. The summed E-state index contributed by atoms with van der Waals surface area (Å²) in [6.07, 6.45) is 2.39. The summed E-state index contributed by atoms with van der Waals surface area (Å²) in [5, 5.41) is 9.61. The number of nitrogens with zero attached hydrogens (tertiary/aromatic N) is 2. The van der Waals surface area contributed by atoms with E-state index in [-0.39, 0.29) is 6.10 Å². The van der Waals surface area contributed by atoms with Gasteiger partial charge in [-0.25, -0.2) is 4.98 Å². The first-order valence-electron chi connectivity index (χ1n) is 5.49. The van der Waals surface area contributed by atoms with Crippen LogP contribution in [0.25, 0.3) is 0 Å². The maximum atomic E-state index is 9.61. The fraction of sp³-hybridized carbons (Fsp3) is 0.727. The van der Waals surface area contributed by atoms with Gasteiger partial charge in [-0.2, -0.15) is 0 Å². The van der Waals surface area contributed by atoms with Gasteiger partial charge in [-0.1, -0.05) is 13.8 Å². The van der Waals surface area contributed by atoms with E-state index in [1.165, 1.54) is 0 Å². The molecule has 15 heavy (non-hydrogen) atoms. The molecule has 0 amide bonds. The third-order valence-electron chi connectivity index (χ3n) is 2.81. The Morgan fingerprint density at radius 3 is 3.00 bits per heavy atom. The standard InChI is InChI=1S/C11H17BrN2O/c1-7(2)5-10-13-11(12)9-6-8(15)3-4-14(9)10/h7-8,15H,3-6H2,1-2H3. The predicted octanol–water partition coefficient (Wildman–Crippen LogP) is 2.15. The molecule has 0 saturated heterocycles. The molecule has 2 rings (SSSR count). The molecule has 1 N–H and O–H groups in total. The number of aliphatic hydroxyl groups is 1. The van der Waals surface area contributed by atoms with Crippen molar-refractivity contribution in [2.45, 2.75) is 45.8 Å². The first-order valence-corrected chi connectivity index (χ1v) is 6.29. The monoisotopic (exact) mass is 272 g/mol. The average molecular weight is 273 g/mol. The van der Waals surface area contributed by atoms with Crippen LogP contribution in [-0.2, 0) is 19.4 Å². The Hall–Kier alpha value is -0.350. The summed E-state index contributed by atoms with van der Waals surface area (Å²) in [6, 6.07) is 0. The smallest absolute Gasteiger partial charge is 0.127 e. The van der Waals surface area contributed by atoms with Crippen molar-refractivity contribution >= 4 is 15.9 Å². The van der Waals surface area contributed by atoms with Crippen molar-refractivity contribution in [2.75, 3.05) is 0 Å². The molecule has 1 aliphatic rings. The van der Waals surface area contributed by atoms with Crippen LogP contribution in [0.5, 0.6) is 0 Å². The van der Waals surface area contributed by atoms with Crippen LogP contribution in [0.3, 0.4) is 0 Å². The van der Waals surface area contributed by atoms with Gasteiger partial charge in [0.05, 0.1) is 11.8 Å². The molecule has 1 aromatic rings. The molecule has 0 spiro atoms. The van der Waals surface area contributed by atoms with Crippen molar-refractivity contribution in [1.29, 1.82) is 0 Å². The van der Waals surface area contributed by atoms with E-state index >= 15 is 0 Å². The van der Waals surface area contributed by atoms with Crippen molar-refractivity contribution in [3.05, 3.63) is 16.1 Å². The van der Waals surface area contributed by atoms with Gasteiger partial charge >= 0.3 is 0 Å². The highest BCUT2D eigenvalue weighted by molar-refractivity contribution is 9.10. The lowest BCUT2D eigenvalue weighted by atomic mass is 10.1. The lowest BCUT2D eigenvalue weighted by Gasteiger charge is -2.21. The maximum absolute atomic E-state index is 9.61. The molecule has 0 radical (unpaired) electrons. The highest BCUT2D eigenvalue weighted by Crippen LogP contribution is 2.26. The summed E-state index contributed by atoms with van der Waals surface area (Å²) < 4.78 is 3.17. The van der Waals surface area contributed by atoms with E-state index < -0.39 is 0 Å². The average Bonchev–Trinajstić information content (AvgIpc) is 2.42. The minimum absolute atomic E-state index is 0.197. The molecule has 0 fully saturated rings. The van der Waals surface area contributed by atoms with Gasteiger partial charge in [0.2, 0.25) is 0 Å². The highest BCUT2D eigenvalue weighted by Gasteiger charge is 2.23. The summed E-state index contributed by atoms with van der Waals surface area (Å²) in [5.41, 5.74) is 1.16. The summed E-state index contributed by atoms with van der Waals surface area (Å²) in [7, 11) is 0. The normalized spacial score (nSPS) is 20.7. The van der Waals surface area contributed by atoms with Gasteiger partial charge in [-0.15, -0.1) is 0 Å². The number of rotatable bonds is 2. The zero-order valence-corrected chi connectivity index (χ0v) is 10.8. The molecule has 84 valence electrons. The van der Waals surface area contributed by atoms with Gasteiger partial charge in [0.1, 0.15) is 10.4 Å². The first kappa shape index (κ1) is 11.1. The maximum Gasteiger partial charge on any atom is 0.127 e. The van der Waals surface area contributed by atoms with Gasteiger partial charge in [0, 0.05) is 19.4 Å². The molecule has 0 aromatic carbocycles. The molecular formula is C11H17BrN2O. The van der Waals surface area contributed by atoms with Crippen molar-refractivity contribution in [3.8, 4) is 0 Å². The number of imidazole rings is 1. The van der Waals surface area contributed by atoms with Crippen LogP contribution in [0.2, 0.25) is 0 Å². The molecule has 1 aliphatic heterocycles. The third kappa shape index (κ3) is 2.26. The minimum Gasteiger partial charge on any atom is -0.393 e. The fourth-order valence-corrected chi connectivity index (χ4v) is 2.67. The molecule has 1 unspecified atom stereocenters. The van der Waals surface area contributed by atoms with Crippen LogP contribution < -0.4 is 0 Å². The van der Waals surface area contributed by atoms with E-state index in [2.05, 4.69) is 39.3 Å². The molecular weight excluding hydrogens is 256 g/mol. The van der Waals surface area contributed by atoms with Crippen LogP contribution >= 0.6 is 15.9 Å².